The molecule has 3 aliphatic carbocycles. The zero-order chi connectivity index (χ0) is 31.8. The highest BCUT2D eigenvalue weighted by Crippen LogP contribution is 2.57. The summed E-state index contributed by atoms with van der Waals surface area (Å²) >= 11 is 12.9. The van der Waals surface area contributed by atoms with E-state index in [1.54, 1.807) is 12.1 Å². The molecule has 3 aromatic rings. The van der Waals surface area contributed by atoms with Crippen LogP contribution in [0, 0.1) is 11.8 Å². The average Bonchev–Trinajstić information content (AvgIpc) is 3.28. The van der Waals surface area contributed by atoms with Crippen molar-refractivity contribution in [3.63, 3.8) is 0 Å². The van der Waals surface area contributed by atoms with E-state index in [0.717, 1.165) is 43.5 Å². The molecule has 0 saturated heterocycles. The van der Waals surface area contributed by atoms with Crippen LogP contribution in [0.25, 0.3) is 0 Å². The summed E-state index contributed by atoms with van der Waals surface area (Å²) in [5.41, 5.74) is 4.48. The van der Waals surface area contributed by atoms with Crippen LogP contribution in [0.2, 0.25) is 10.0 Å². The van der Waals surface area contributed by atoms with Gasteiger partial charge in [0.2, 0.25) is 0 Å². The summed E-state index contributed by atoms with van der Waals surface area (Å²) in [4.78, 5) is 17.5. The van der Waals surface area contributed by atoms with Crippen molar-refractivity contribution < 1.29 is 19.4 Å². The summed E-state index contributed by atoms with van der Waals surface area (Å²) in [7, 11) is 0. The van der Waals surface area contributed by atoms with E-state index in [2.05, 4.69) is 36.3 Å². The number of aliphatic carboxylic acids is 1. The van der Waals surface area contributed by atoms with Crippen LogP contribution >= 0.6 is 23.2 Å². The van der Waals surface area contributed by atoms with Crippen LogP contribution in [0.5, 0.6) is 11.5 Å². The van der Waals surface area contributed by atoms with Crippen molar-refractivity contribution in [2.24, 2.45) is 11.8 Å². The van der Waals surface area contributed by atoms with E-state index in [4.69, 9.17) is 32.7 Å². The Hall–Kier alpha value is -2.96. The lowest BCUT2D eigenvalue weighted by atomic mass is 9.59. The summed E-state index contributed by atoms with van der Waals surface area (Å²) in [5.74, 6) is 1.96. The number of carboxylic acid groups (broad SMARTS) is 1. The molecule has 0 unspecified atom stereocenters. The Kier molecular flexibility index (Phi) is 9.27. The number of hydrogen-bond donors (Lipinski definition) is 2. The van der Waals surface area contributed by atoms with E-state index in [0.29, 0.717) is 59.6 Å². The van der Waals surface area contributed by atoms with E-state index in [-0.39, 0.29) is 5.41 Å². The molecule has 240 valence electrons. The molecule has 45 heavy (non-hydrogen) atoms. The van der Waals surface area contributed by atoms with Gasteiger partial charge in [0.25, 0.3) is 0 Å². The minimum atomic E-state index is -1.07. The smallest absolute Gasteiger partial charge is 0.329 e. The van der Waals surface area contributed by atoms with E-state index in [9.17, 15) is 9.90 Å². The number of fused-ring (bicyclic) bond motifs is 3. The molecule has 2 N–H and O–H groups in total. The van der Waals surface area contributed by atoms with Crippen LogP contribution < -0.4 is 14.8 Å². The zero-order valence-electron chi connectivity index (χ0n) is 26.5. The largest absolute Gasteiger partial charge is 0.493 e. The number of carboxylic acids is 1. The number of aromatic nitrogens is 1. The van der Waals surface area contributed by atoms with Crippen LogP contribution in [0.4, 0.5) is 5.69 Å². The van der Waals surface area contributed by atoms with Gasteiger partial charge in [-0.15, -0.1) is 0 Å². The molecular formula is C37H44Cl2N2O4. The summed E-state index contributed by atoms with van der Waals surface area (Å²) in [5, 5.41) is 15.1. The number of carbonyl (C=O) groups is 1. The number of nitrogens with zero attached hydrogens (tertiary/aromatic N) is 1. The fourth-order valence-electron chi connectivity index (χ4n) is 8.37. The van der Waals surface area contributed by atoms with Crippen molar-refractivity contribution in [3.8, 4) is 11.5 Å². The first kappa shape index (κ1) is 32.0. The predicted octanol–water partition coefficient (Wildman–Crippen LogP) is 9.25. The van der Waals surface area contributed by atoms with Gasteiger partial charge in [0.05, 0.1) is 18.2 Å². The van der Waals surface area contributed by atoms with E-state index in [1.807, 2.05) is 31.3 Å². The van der Waals surface area contributed by atoms with Crippen LogP contribution in [0.15, 0.2) is 48.7 Å². The number of rotatable bonds is 10. The van der Waals surface area contributed by atoms with Crippen molar-refractivity contribution in [1.29, 1.82) is 0 Å². The molecule has 0 aliphatic heterocycles. The van der Waals surface area contributed by atoms with Crippen molar-refractivity contribution in [1.82, 2.24) is 4.98 Å². The molecule has 1 heterocycles. The third-order valence-electron chi connectivity index (χ3n) is 10.6. The highest BCUT2D eigenvalue weighted by molar-refractivity contribution is 6.32. The van der Waals surface area contributed by atoms with Gasteiger partial charge in [0.15, 0.2) is 0 Å². The monoisotopic (exact) mass is 650 g/mol. The summed E-state index contributed by atoms with van der Waals surface area (Å²) in [6.45, 7) is 7.68. The second-order valence-electron chi connectivity index (χ2n) is 13.6. The number of nitrogens with one attached hydrogen (secondary N) is 1. The molecule has 1 saturated carbocycles. The highest BCUT2D eigenvalue weighted by Gasteiger charge is 2.54. The third-order valence-corrected chi connectivity index (χ3v) is 11.2. The minimum Gasteiger partial charge on any atom is -0.493 e. The number of halogens is 2. The third kappa shape index (κ3) is 6.25. The first-order chi connectivity index (χ1) is 21.6. The second-order valence-corrected chi connectivity index (χ2v) is 14.4. The molecule has 3 atom stereocenters. The number of ether oxygens (including phenoxy) is 2. The Balaban J connectivity index is 1.25. The molecule has 2 aromatic carbocycles. The quantitative estimate of drug-likeness (QED) is 0.228. The van der Waals surface area contributed by atoms with Crippen LogP contribution in [0.3, 0.4) is 0 Å². The van der Waals surface area contributed by atoms with Gasteiger partial charge >= 0.3 is 5.97 Å². The summed E-state index contributed by atoms with van der Waals surface area (Å²) in [6, 6.07) is 13.6. The first-order valence-corrected chi connectivity index (χ1v) is 17.2. The van der Waals surface area contributed by atoms with Crippen LogP contribution in [0.1, 0.15) is 94.0 Å². The number of hydrogen-bond acceptors (Lipinski definition) is 5. The van der Waals surface area contributed by atoms with Gasteiger partial charge in [-0.2, -0.15) is 0 Å². The van der Waals surface area contributed by atoms with Gasteiger partial charge in [-0.05, 0) is 135 Å². The fraction of sp³-hybridized carbons (Fsp3) is 0.514. The molecule has 1 spiro atoms. The molecule has 0 amide bonds. The summed E-state index contributed by atoms with van der Waals surface area (Å²) < 4.78 is 12.5. The number of anilines is 1. The average molecular weight is 652 g/mol. The highest BCUT2D eigenvalue weighted by atomic mass is 35.5. The standard InChI is InChI=1S/C37H44Cl2N2O4/c1-4-44-33-21-29-25(19-30(33)39)18-26(17-23(2)22-45-32-11-16-40-31-10-5-7-24(3)34(31)32)36(29)12-14-37(15-13-36,35(42)43)41-28-9-6-8-27(38)20-28/h6,8-9,11,16,19-21,23-24,26,41H,4-5,7,10,12-15,17-18,22H2,1-3H3,(H,42,43)/t23-,24-,26+,36?,37?/m1/s1. The molecule has 0 bridgehead atoms. The zero-order valence-corrected chi connectivity index (χ0v) is 28.0. The Morgan fingerprint density at radius 1 is 1.11 bits per heavy atom. The van der Waals surface area contributed by atoms with E-state index in [1.165, 1.54) is 35.2 Å². The van der Waals surface area contributed by atoms with Crippen molar-refractivity contribution in [2.75, 3.05) is 18.5 Å². The molecule has 0 radical (unpaired) electrons. The predicted molar refractivity (Wildman–Crippen MR) is 180 cm³/mol. The molecule has 6 nitrogen and oxygen atoms in total. The van der Waals surface area contributed by atoms with E-state index >= 15 is 0 Å². The first-order valence-electron chi connectivity index (χ1n) is 16.5. The van der Waals surface area contributed by atoms with Gasteiger partial charge in [0, 0.05) is 28.2 Å². The van der Waals surface area contributed by atoms with Gasteiger partial charge in [-0.25, -0.2) is 4.79 Å². The molecular weight excluding hydrogens is 607 g/mol. The lowest BCUT2D eigenvalue weighted by Gasteiger charge is -2.47. The van der Waals surface area contributed by atoms with Gasteiger partial charge in [-0.3, -0.25) is 4.98 Å². The second kappa shape index (κ2) is 13.0. The molecule has 1 aromatic heterocycles. The lowest BCUT2D eigenvalue weighted by Crippen LogP contribution is -2.53. The Morgan fingerprint density at radius 2 is 1.91 bits per heavy atom. The van der Waals surface area contributed by atoms with Gasteiger partial charge in [0.1, 0.15) is 17.0 Å². The maximum Gasteiger partial charge on any atom is 0.329 e. The molecule has 8 heteroatoms. The topological polar surface area (TPSA) is 80.7 Å². The van der Waals surface area contributed by atoms with Crippen molar-refractivity contribution in [3.05, 3.63) is 81.1 Å². The van der Waals surface area contributed by atoms with Crippen molar-refractivity contribution in [2.45, 2.75) is 95.4 Å². The van der Waals surface area contributed by atoms with E-state index < -0.39 is 11.5 Å². The minimum absolute atomic E-state index is 0.167. The summed E-state index contributed by atoms with van der Waals surface area (Å²) in [6.07, 6.45) is 9.64. The fourth-order valence-corrected chi connectivity index (χ4v) is 8.80. The van der Waals surface area contributed by atoms with Crippen LogP contribution in [-0.2, 0) is 23.1 Å². The Morgan fingerprint density at radius 3 is 2.64 bits per heavy atom. The maximum absolute atomic E-state index is 12.8. The van der Waals surface area contributed by atoms with Crippen molar-refractivity contribution >= 4 is 34.9 Å². The SMILES string of the molecule is CCOc1cc2c(cc1Cl)C[C@H](C[C@@H](C)COc1ccnc3c1[C@H](C)CCC3)C21CCC(Nc2cccc(Cl)c2)(C(=O)O)CC1. The Labute approximate surface area is 276 Å². The number of pyridine rings is 1. The van der Waals surface area contributed by atoms with Gasteiger partial charge in [-0.1, -0.05) is 43.1 Å². The number of benzene rings is 2. The van der Waals surface area contributed by atoms with Crippen LogP contribution in [-0.4, -0.2) is 34.8 Å². The molecule has 1 fully saturated rings. The molecule has 3 aliphatic rings. The Bertz CT molecular complexity index is 1550. The normalized spacial score (nSPS) is 26.2. The van der Waals surface area contributed by atoms with Gasteiger partial charge < -0.3 is 19.9 Å². The molecule has 6 rings (SSSR count). The maximum atomic E-state index is 12.8. The lowest BCUT2D eigenvalue weighted by molar-refractivity contribution is -0.144. The number of aryl methyl sites for hydroxylation is 1.